The van der Waals surface area contributed by atoms with E-state index in [0.717, 1.165) is 52.4 Å². The lowest BCUT2D eigenvalue weighted by molar-refractivity contribution is 0.0988. The number of fused-ring (bicyclic) bond motifs is 2. The van der Waals surface area contributed by atoms with Crippen LogP contribution >= 0.6 is 0 Å². The van der Waals surface area contributed by atoms with Crippen molar-refractivity contribution in [2.45, 2.75) is 20.3 Å². The van der Waals surface area contributed by atoms with Crippen molar-refractivity contribution in [1.82, 2.24) is 4.98 Å². The van der Waals surface area contributed by atoms with Crippen molar-refractivity contribution in [3.05, 3.63) is 89.5 Å². The van der Waals surface area contributed by atoms with Gasteiger partial charge in [0.05, 0.1) is 12.6 Å². The molecule has 0 fully saturated rings. The van der Waals surface area contributed by atoms with E-state index in [9.17, 15) is 4.79 Å². The number of rotatable bonds is 5. The van der Waals surface area contributed by atoms with Crippen molar-refractivity contribution in [3.63, 3.8) is 0 Å². The summed E-state index contributed by atoms with van der Waals surface area (Å²) in [6.45, 7) is 5.52. The van der Waals surface area contributed by atoms with Gasteiger partial charge in [-0.25, -0.2) is 4.98 Å². The number of pyridine rings is 1. The summed E-state index contributed by atoms with van der Waals surface area (Å²) in [7, 11) is 1.67. The molecule has 4 aromatic rings. The molecule has 1 amide bonds. The third kappa shape index (κ3) is 3.91. The predicted molar refractivity (Wildman–Crippen MR) is 134 cm³/mol. The molecule has 166 valence electrons. The molecule has 5 heteroatoms. The molecule has 1 aliphatic heterocycles. The summed E-state index contributed by atoms with van der Waals surface area (Å²) < 4.78 is 5.37. The van der Waals surface area contributed by atoms with Crippen LogP contribution in [0.1, 0.15) is 28.4 Å². The summed E-state index contributed by atoms with van der Waals surface area (Å²) >= 11 is 0. The Labute approximate surface area is 194 Å². The molecule has 0 spiro atoms. The van der Waals surface area contributed by atoms with Gasteiger partial charge in [0.1, 0.15) is 11.6 Å². The molecule has 0 N–H and O–H groups in total. The largest absolute Gasteiger partial charge is 0.497 e. The molecule has 0 saturated carbocycles. The van der Waals surface area contributed by atoms with Gasteiger partial charge in [0.25, 0.3) is 5.91 Å². The van der Waals surface area contributed by atoms with E-state index in [2.05, 4.69) is 17.0 Å². The number of carbonyl (C=O) groups excluding carboxylic acids is 1. The van der Waals surface area contributed by atoms with Gasteiger partial charge in [0, 0.05) is 41.5 Å². The smallest absolute Gasteiger partial charge is 0.258 e. The van der Waals surface area contributed by atoms with E-state index in [1.165, 1.54) is 5.56 Å². The molecule has 5 nitrogen and oxygen atoms in total. The van der Waals surface area contributed by atoms with Gasteiger partial charge >= 0.3 is 0 Å². The minimum Gasteiger partial charge on any atom is -0.497 e. The maximum Gasteiger partial charge on any atom is 0.258 e. The monoisotopic (exact) mass is 437 g/mol. The number of anilines is 3. The standard InChI is InChI=1S/C28H27N3O2/c1-4-30(24-7-5-6-19(2)16-24)28(32)20-8-11-23(12-9-20)31-15-14-22-17-21-10-13-25(33-3)18-26(21)29-27(22)31/h5-13,16-18H,4,14-15H2,1-3H3. The van der Waals surface area contributed by atoms with Crippen molar-refractivity contribution in [1.29, 1.82) is 0 Å². The van der Waals surface area contributed by atoms with Gasteiger partial charge in [-0.2, -0.15) is 0 Å². The maximum atomic E-state index is 13.2. The molecule has 0 saturated heterocycles. The van der Waals surface area contributed by atoms with Crippen molar-refractivity contribution in [3.8, 4) is 5.75 Å². The van der Waals surface area contributed by atoms with Crippen LogP contribution in [0.3, 0.4) is 0 Å². The van der Waals surface area contributed by atoms with Gasteiger partial charge in [0.2, 0.25) is 0 Å². The lowest BCUT2D eigenvalue weighted by Crippen LogP contribution is -2.30. The number of amides is 1. The second-order valence-electron chi connectivity index (χ2n) is 8.37. The summed E-state index contributed by atoms with van der Waals surface area (Å²) in [5.41, 5.74) is 5.94. The SMILES string of the molecule is CCN(C(=O)c1ccc(N2CCc3cc4ccc(OC)cc4nc32)cc1)c1cccc(C)c1. The van der Waals surface area contributed by atoms with Gasteiger partial charge in [-0.15, -0.1) is 0 Å². The topological polar surface area (TPSA) is 45.7 Å². The average Bonchev–Trinajstić information content (AvgIpc) is 3.25. The fraction of sp³-hybridized carbons (Fsp3) is 0.214. The second-order valence-corrected chi connectivity index (χ2v) is 8.37. The highest BCUT2D eigenvalue weighted by molar-refractivity contribution is 6.06. The number of aryl methyl sites for hydroxylation is 1. The molecule has 0 aliphatic carbocycles. The predicted octanol–water partition coefficient (Wildman–Crippen LogP) is 5.91. The van der Waals surface area contributed by atoms with Gasteiger partial charge in [-0.1, -0.05) is 12.1 Å². The third-order valence-electron chi connectivity index (χ3n) is 6.24. The number of hydrogen-bond acceptors (Lipinski definition) is 4. The number of methoxy groups -OCH3 is 1. The molecular formula is C28H27N3O2. The molecule has 0 bridgehead atoms. The van der Waals surface area contributed by atoms with Crippen LogP contribution in [0.2, 0.25) is 0 Å². The highest BCUT2D eigenvalue weighted by Crippen LogP contribution is 2.35. The van der Waals surface area contributed by atoms with Crippen LogP contribution in [0.5, 0.6) is 5.75 Å². The summed E-state index contributed by atoms with van der Waals surface area (Å²) in [6, 6.07) is 24.1. The Morgan fingerprint density at radius 3 is 2.61 bits per heavy atom. The van der Waals surface area contributed by atoms with Crippen LogP contribution in [-0.4, -0.2) is 31.1 Å². The number of nitrogens with zero attached hydrogens (tertiary/aromatic N) is 3. The minimum absolute atomic E-state index is 0.00712. The lowest BCUT2D eigenvalue weighted by Gasteiger charge is -2.23. The lowest BCUT2D eigenvalue weighted by atomic mass is 10.1. The number of hydrogen-bond donors (Lipinski definition) is 0. The molecule has 0 unspecified atom stereocenters. The minimum atomic E-state index is 0.00712. The fourth-order valence-electron chi connectivity index (χ4n) is 4.49. The Bertz CT molecular complexity index is 1330. The van der Waals surface area contributed by atoms with E-state index < -0.39 is 0 Å². The second kappa shape index (κ2) is 8.58. The molecule has 33 heavy (non-hydrogen) atoms. The van der Waals surface area contributed by atoms with Gasteiger partial charge in [-0.05, 0) is 86.0 Å². The summed E-state index contributed by atoms with van der Waals surface area (Å²) in [5, 5.41) is 1.12. The quantitative estimate of drug-likeness (QED) is 0.389. The van der Waals surface area contributed by atoms with Gasteiger partial charge in [0.15, 0.2) is 0 Å². The summed E-state index contributed by atoms with van der Waals surface area (Å²) in [5.74, 6) is 1.79. The highest BCUT2D eigenvalue weighted by Gasteiger charge is 2.24. The number of aromatic nitrogens is 1. The van der Waals surface area contributed by atoms with Crippen molar-refractivity contribution in [2.24, 2.45) is 0 Å². The van der Waals surface area contributed by atoms with E-state index in [0.29, 0.717) is 12.1 Å². The van der Waals surface area contributed by atoms with Crippen LogP contribution in [0.15, 0.2) is 72.8 Å². The van der Waals surface area contributed by atoms with Crippen molar-refractivity contribution < 1.29 is 9.53 Å². The summed E-state index contributed by atoms with van der Waals surface area (Å²) in [6.07, 6.45) is 0.946. The van der Waals surface area contributed by atoms with Crippen LogP contribution in [0.25, 0.3) is 10.9 Å². The van der Waals surface area contributed by atoms with Crippen LogP contribution in [0.4, 0.5) is 17.2 Å². The van der Waals surface area contributed by atoms with E-state index in [4.69, 9.17) is 9.72 Å². The first-order valence-corrected chi connectivity index (χ1v) is 11.3. The number of benzene rings is 3. The van der Waals surface area contributed by atoms with Crippen LogP contribution in [0, 0.1) is 6.92 Å². The van der Waals surface area contributed by atoms with E-state index >= 15 is 0 Å². The van der Waals surface area contributed by atoms with Gasteiger partial charge in [-0.3, -0.25) is 4.79 Å². The van der Waals surface area contributed by atoms with Crippen LogP contribution < -0.4 is 14.5 Å². The first-order valence-electron chi connectivity index (χ1n) is 11.3. The Balaban J connectivity index is 1.42. The molecule has 1 aromatic heterocycles. The maximum absolute atomic E-state index is 13.2. The van der Waals surface area contributed by atoms with Crippen LogP contribution in [-0.2, 0) is 6.42 Å². The Morgan fingerprint density at radius 1 is 1.06 bits per heavy atom. The third-order valence-corrected chi connectivity index (χ3v) is 6.24. The summed E-state index contributed by atoms with van der Waals surface area (Å²) in [4.78, 5) is 22.2. The number of ether oxygens (including phenoxy) is 1. The molecule has 0 radical (unpaired) electrons. The molecule has 3 aromatic carbocycles. The number of carbonyl (C=O) groups is 1. The first-order chi connectivity index (χ1) is 16.1. The normalized spacial score (nSPS) is 12.6. The first kappa shape index (κ1) is 21.0. The van der Waals surface area contributed by atoms with E-state index in [-0.39, 0.29) is 5.91 Å². The van der Waals surface area contributed by atoms with Crippen molar-refractivity contribution in [2.75, 3.05) is 30.0 Å². The Kier molecular flexibility index (Phi) is 5.47. The Hall–Kier alpha value is -3.86. The highest BCUT2D eigenvalue weighted by atomic mass is 16.5. The molecule has 0 atom stereocenters. The average molecular weight is 438 g/mol. The van der Waals surface area contributed by atoms with E-state index in [1.54, 1.807) is 7.11 Å². The van der Waals surface area contributed by atoms with E-state index in [1.807, 2.05) is 79.4 Å². The molecule has 2 heterocycles. The zero-order chi connectivity index (χ0) is 22.9. The zero-order valence-electron chi connectivity index (χ0n) is 19.2. The fourth-order valence-corrected chi connectivity index (χ4v) is 4.49. The molecular weight excluding hydrogens is 410 g/mol. The molecule has 5 rings (SSSR count). The van der Waals surface area contributed by atoms with Gasteiger partial charge < -0.3 is 14.5 Å². The van der Waals surface area contributed by atoms with Crippen molar-refractivity contribution >= 4 is 34.0 Å². The Morgan fingerprint density at radius 2 is 1.88 bits per heavy atom. The molecule has 1 aliphatic rings. The zero-order valence-corrected chi connectivity index (χ0v) is 19.2.